The van der Waals surface area contributed by atoms with Crippen molar-refractivity contribution in [3.05, 3.63) is 0 Å². The summed E-state index contributed by atoms with van der Waals surface area (Å²) in [6.07, 6.45) is -4.74. The number of amides is 2. The van der Waals surface area contributed by atoms with Crippen molar-refractivity contribution in [3.8, 4) is 0 Å². The van der Waals surface area contributed by atoms with E-state index in [1.54, 1.807) is 19.2 Å². The SMILES string of the molecule is CC[C@@H](C)[C@H](NC(=O)C(F)(F)F)C(=O)N1C[C@H]2[C@@H]([C@H]1C(=O)O)C2(C)C. The number of piperidine rings is 1. The summed E-state index contributed by atoms with van der Waals surface area (Å²) >= 11 is 0. The Morgan fingerprint density at radius 1 is 1.32 bits per heavy atom. The van der Waals surface area contributed by atoms with E-state index >= 15 is 0 Å². The number of nitrogens with zero attached hydrogens (tertiary/aromatic N) is 1. The summed E-state index contributed by atoms with van der Waals surface area (Å²) in [7, 11) is 0. The zero-order valence-corrected chi connectivity index (χ0v) is 14.6. The molecule has 6 nitrogen and oxygen atoms in total. The predicted molar refractivity (Wildman–Crippen MR) is 81.3 cm³/mol. The molecule has 1 aliphatic carbocycles. The molecule has 0 aromatic rings. The van der Waals surface area contributed by atoms with Gasteiger partial charge in [0.25, 0.3) is 0 Å². The molecule has 5 atom stereocenters. The molecule has 142 valence electrons. The van der Waals surface area contributed by atoms with Gasteiger partial charge in [-0.1, -0.05) is 34.1 Å². The lowest BCUT2D eigenvalue weighted by Crippen LogP contribution is -2.57. The summed E-state index contributed by atoms with van der Waals surface area (Å²) in [4.78, 5) is 36.8. The third-order valence-corrected chi connectivity index (χ3v) is 5.77. The quantitative estimate of drug-likeness (QED) is 0.777. The zero-order chi connectivity index (χ0) is 19.3. The van der Waals surface area contributed by atoms with Crippen LogP contribution in [0, 0.1) is 23.2 Å². The minimum absolute atomic E-state index is 0.00782. The lowest BCUT2D eigenvalue weighted by Gasteiger charge is -2.33. The van der Waals surface area contributed by atoms with Crippen molar-refractivity contribution in [2.75, 3.05) is 6.54 Å². The van der Waals surface area contributed by atoms with E-state index in [0.717, 1.165) is 4.90 Å². The Bertz CT molecular complexity index is 590. The Morgan fingerprint density at radius 3 is 2.32 bits per heavy atom. The molecular weight excluding hydrogens is 341 g/mol. The van der Waals surface area contributed by atoms with Gasteiger partial charge in [-0.15, -0.1) is 0 Å². The second kappa shape index (κ2) is 6.17. The first-order valence-corrected chi connectivity index (χ1v) is 8.25. The first kappa shape index (κ1) is 19.5. The van der Waals surface area contributed by atoms with Crippen LogP contribution in [0.4, 0.5) is 13.2 Å². The van der Waals surface area contributed by atoms with Gasteiger partial charge in [0.1, 0.15) is 12.1 Å². The predicted octanol–water partition coefficient (Wildman–Crippen LogP) is 1.65. The molecule has 2 N–H and O–H groups in total. The maximum atomic E-state index is 12.8. The van der Waals surface area contributed by atoms with Crippen LogP contribution < -0.4 is 5.32 Å². The molecule has 9 heteroatoms. The van der Waals surface area contributed by atoms with Crippen molar-refractivity contribution in [1.82, 2.24) is 10.2 Å². The molecule has 2 fully saturated rings. The number of alkyl halides is 3. The van der Waals surface area contributed by atoms with Crippen molar-refractivity contribution in [3.63, 3.8) is 0 Å². The maximum absolute atomic E-state index is 12.8. The summed E-state index contributed by atoms with van der Waals surface area (Å²) in [6, 6.07) is -2.47. The van der Waals surface area contributed by atoms with E-state index in [-0.39, 0.29) is 23.8 Å². The number of nitrogens with one attached hydrogen (secondary N) is 1. The number of carboxylic acid groups (broad SMARTS) is 1. The van der Waals surface area contributed by atoms with Crippen molar-refractivity contribution < 1.29 is 32.7 Å². The van der Waals surface area contributed by atoms with E-state index in [4.69, 9.17) is 0 Å². The highest BCUT2D eigenvalue weighted by Crippen LogP contribution is 2.64. The number of aliphatic carboxylic acids is 1. The molecule has 25 heavy (non-hydrogen) atoms. The van der Waals surface area contributed by atoms with Gasteiger partial charge in [0.05, 0.1) is 0 Å². The van der Waals surface area contributed by atoms with Crippen LogP contribution in [0.3, 0.4) is 0 Å². The van der Waals surface area contributed by atoms with E-state index < -0.39 is 42.0 Å². The van der Waals surface area contributed by atoms with Crippen molar-refractivity contribution in [2.24, 2.45) is 23.2 Å². The molecule has 1 heterocycles. The molecule has 2 aliphatic rings. The second-order valence-electron chi connectivity index (χ2n) is 7.56. The number of hydrogen-bond donors (Lipinski definition) is 2. The Labute approximate surface area is 143 Å². The van der Waals surface area contributed by atoms with Gasteiger partial charge in [-0.05, 0) is 17.3 Å². The first-order chi connectivity index (χ1) is 11.3. The zero-order valence-electron chi connectivity index (χ0n) is 14.6. The van der Waals surface area contributed by atoms with Gasteiger partial charge in [-0.25, -0.2) is 4.79 Å². The molecule has 1 saturated heterocycles. The highest BCUT2D eigenvalue weighted by molar-refractivity contribution is 5.93. The molecule has 0 radical (unpaired) electrons. The molecule has 2 rings (SSSR count). The molecular formula is C16H23F3N2O4. The van der Waals surface area contributed by atoms with Crippen LogP contribution in [0.15, 0.2) is 0 Å². The molecule has 1 saturated carbocycles. The summed E-state index contributed by atoms with van der Waals surface area (Å²) in [5.74, 6) is -4.89. The van der Waals surface area contributed by atoms with Crippen LogP contribution in [0.5, 0.6) is 0 Å². The Hall–Kier alpha value is -1.80. The first-order valence-electron chi connectivity index (χ1n) is 8.25. The number of halogens is 3. The summed E-state index contributed by atoms with van der Waals surface area (Å²) < 4.78 is 37.7. The fourth-order valence-corrected chi connectivity index (χ4v) is 3.88. The van der Waals surface area contributed by atoms with Crippen molar-refractivity contribution >= 4 is 17.8 Å². The fraction of sp³-hybridized carbons (Fsp3) is 0.812. The third-order valence-electron chi connectivity index (χ3n) is 5.77. The largest absolute Gasteiger partial charge is 0.480 e. The summed E-state index contributed by atoms with van der Waals surface area (Å²) in [5, 5.41) is 11.2. The Balaban J connectivity index is 2.22. The van der Waals surface area contributed by atoms with Crippen LogP contribution in [0.1, 0.15) is 34.1 Å². The molecule has 0 bridgehead atoms. The van der Waals surface area contributed by atoms with Crippen molar-refractivity contribution in [1.29, 1.82) is 0 Å². The highest BCUT2D eigenvalue weighted by Gasteiger charge is 2.70. The van der Waals surface area contributed by atoms with Gasteiger partial charge in [0.15, 0.2) is 0 Å². The molecule has 0 aromatic heterocycles. The standard InChI is InChI=1S/C16H23F3N2O4/c1-5-7(2)10(20-14(25)16(17,18)19)12(22)21-6-8-9(15(8,3)4)11(21)13(23)24/h7-11H,5-6H2,1-4H3,(H,20,25)(H,23,24)/t7-,8+,9+,10+,11+/m1/s1. The summed E-state index contributed by atoms with van der Waals surface area (Å²) in [6.45, 7) is 7.25. The number of likely N-dealkylation sites (tertiary alicyclic amines) is 1. The normalized spacial score (nSPS) is 29.6. The van der Waals surface area contributed by atoms with Gasteiger partial charge >= 0.3 is 18.1 Å². The van der Waals surface area contributed by atoms with E-state index in [2.05, 4.69) is 0 Å². The van der Waals surface area contributed by atoms with Crippen LogP contribution in [0.2, 0.25) is 0 Å². The number of carboxylic acids is 1. The highest BCUT2D eigenvalue weighted by atomic mass is 19.4. The van der Waals surface area contributed by atoms with Gasteiger partial charge in [0.2, 0.25) is 5.91 Å². The van der Waals surface area contributed by atoms with Crippen molar-refractivity contribution in [2.45, 2.75) is 52.4 Å². The van der Waals surface area contributed by atoms with E-state index in [9.17, 15) is 32.7 Å². The maximum Gasteiger partial charge on any atom is 0.471 e. The van der Waals surface area contributed by atoms with Gasteiger partial charge in [-0.3, -0.25) is 9.59 Å². The second-order valence-corrected chi connectivity index (χ2v) is 7.56. The molecule has 0 aromatic carbocycles. The number of rotatable bonds is 5. The van der Waals surface area contributed by atoms with E-state index in [1.807, 2.05) is 13.8 Å². The molecule has 1 aliphatic heterocycles. The van der Waals surface area contributed by atoms with E-state index in [0.29, 0.717) is 6.42 Å². The Kier molecular flexibility index (Phi) is 4.82. The molecule has 0 unspecified atom stereocenters. The van der Waals surface area contributed by atoms with E-state index in [1.165, 1.54) is 0 Å². The lowest BCUT2D eigenvalue weighted by molar-refractivity contribution is -0.175. The minimum atomic E-state index is -5.10. The van der Waals surface area contributed by atoms with Gasteiger partial charge in [0, 0.05) is 12.5 Å². The van der Waals surface area contributed by atoms with Crippen LogP contribution in [-0.2, 0) is 14.4 Å². The van der Waals surface area contributed by atoms with Gasteiger partial charge < -0.3 is 15.3 Å². The number of carbonyl (C=O) groups is 3. The summed E-state index contributed by atoms with van der Waals surface area (Å²) in [5.41, 5.74) is -0.207. The Morgan fingerprint density at radius 2 is 1.88 bits per heavy atom. The average Bonchev–Trinajstić information content (AvgIpc) is 2.88. The smallest absolute Gasteiger partial charge is 0.471 e. The fourth-order valence-electron chi connectivity index (χ4n) is 3.88. The van der Waals surface area contributed by atoms with Crippen LogP contribution in [-0.4, -0.2) is 52.6 Å². The minimum Gasteiger partial charge on any atom is -0.480 e. The van der Waals surface area contributed by atoms with Gasteiger partial charge in [-0.2, -0.15) is 13.2 Å². The third kappa shape index (κ3) is 3.32. The average molecular weight is 364 g/mol. The monoisotopic (exact) mass is 364 g/mol. The molecule has 0 spiro atoms. The number of hydrogen-bond acceptors (Lipinski definition) is 3. The van der Waals surface area contributed by atoms with Crippen LogP contribution >= 0.6 is 0 Å². The van der Waals surface area contributed by atoms with Crippen LogP contribution in [0.25, 0.3) is 0 Å². The lowest BCUT2D eigenvalue weighted by atomic mass is 9.95. The topological polar surface area (TPSA) is 86.7 Å². The number of fused-ring (bicyclic) bond motifs is 1. The number of carbonyl (C=O) groups excluding carboxylic acids is 2. The molecule has 2 amide bonds.